The van der Waals surface area contributed by atoms with E-state index in [-0.39, 0.29) is 0 Å². The van der Waals surface area contributed by atoms with Gasteiger partial charge in [0.1, 0.15) is 5.75 Å². The summed E-state index contributed by atoms with van der Waals surface area (Å²) >= 11 is 0. The van der Waals surface area contributed by atoms with Gasteiger partial charge in [0.05, 0.1) is 26.4 Å². The van der Waals surface area contributed by atoms with Gasteiger partial charge in [0.2, 0.25) is 0 Å². The van der Waals surface area contributed by atoms with Gasteiger partial charge in [-0.2, -0.15) is 0 Å². The third kappa shape index (κ3) is 3.47. The molecule has 1 aliphatic rings. The lowest BCUT2D eigenvalue weighted by atomic mass is 9.99. The lowest BCUT2D eigenvalue weighted by Gasteiger charge is -2.29. The van der Waals surface area contributed by atoms with Crippen molar-refractivity contribution in [3.63, 3.8) is 0 Å². The van der Waals surface area contributed by atoms with Crippen molar-refractivity contribution in [2.75, 3.05) is 40.0 Å². The molecule has 0 radical (unpaired) electrons. The SMILES string of the molecule is COc1cc(C)c(C(O)CN2CCOCC2)cc1C. The summed E-state index contributed by atoms with van der Waals surface area (Å²) in [7, 11) is 1.67. The van der Waals surface area contributed by atoms with Gasteiger partial charge < -0.3 is 14.6 Å². The van der Waals surface area contributed by atoms with Crippen LogP contribution in [0, 0.1) is 13.8 Å². The van der Waals surface area contributed by atoms with Gasteiger partial charge in [-0.1, -0.05) is 0 Å². The molecule has 1 aromatic carbocycles. The van der Waals surface area contributed by atoms with Crippen LogP contribution in [0.1, 0.15) is 22.8 Å². The predicted molar refractivity (Wildman–Crippen MR) is 74.7 cm³/mol. The second kappa shape index (κ2) is 6.37. The van der Waals surface area contributed by atoms with Crippen molar-refractivity contribution in [2.24, 2.45) is 0 Å². The Labute approximate surface area is 114 Å². The topological polar surface area (TPSA) is 41.9 Å². The minimum absolute atomic E-state index is 0.456. The number of morpholine rings is 1. The fourth-order valence-electron chi connectivity index (χ4n) is 2.52. The Balaban J connectivity index is 2.09. The number of hydrogen-bond donors (Lipinski definition) is 1. The molecular formula is C15H23NO3. The second-order valence-electron chi connectivity index (χ2n) is 5.11. The van der Waals surface area contributed by atoms with E-state index in [4.69, 9.17) is 9.47 Å². The lowest BCUT2D eigenvalue weighted by molar-refractivity contribution is 0.0142. The van der Waals surface area contributed by atoms with Crippen LogP contribution >= 0.6 is 0 Å². The minimum Gasteiger partial charge on any atom is -0.496 e. The van der Waals surface area contributed by atoms with Crippen LogP contribution in [0.3, 0.4) is 0 Å². The smallest absolute Gasteiger partial charge is 0.122 e. The van der Waals surface area contributed by atoms with Gasteiger partial charge in [-0.15, -0.1) is 0 Å². The van der Waals surface area contributed by atoms with Gasteiger partial charge in [-0.25, -0.2) is 0 Å². The third-order valence-electron chi connectivity index (χ3n) is 3.68. The number of aliphatic hydroxyl groups is 1. The van der Waals surface area contributed by atoms with Crippen LogP contribution < -0.4 is 4.74 Å². The van der Waals surface area contributed by atoms with Crippen LogP contribution in [-0.2, 0) is 4.74 Å². The zero-order valence-corrected chi connectivity index (χ0v) is 12.0. The van der Waals surface area contributed by atoms with Gasteiger partial charge in [-0.3, -0.25) is 4.90 Å². The molecule has 1 N–H and O–H groups in total. The maximum absolute atomic E-state index is 10.4. The summed E-state index contributed by atoms with van der Waals surface area (Å²) in [6.07, 6.45) is -0.456. The quantitative estimate of drug-likeness (QED) is 0.899. The molecule has 0 spiro atoms. The Kier molecular flexibility index (Phi) is 4.80. The first kappa shape index (κ1) is 14.3. The standard InChI is InChI=1S/C15H23NO3/c1-11-9-15(18-3)12(2)8-13(11)14(17)10-16-4-6-19-7-5-16/h8-9,14,17H,4-7,10H2,1-3H3. The van der Waals surface area contributed by atoms with Crippen LogP contribution in [0.5, 0.6) is 5.75 Å². The van der Waals surface area contributed by atoms with Crippen LogP contribution in [0.25, 0.3) is 0 Å². The van der Waals surface area contributed by atoms with E-state index < -0.39 is 6.10 Å². The molecule has 0 aliphatic carbocycles. The van der Waals surface area contributed by atoms with E-state index in [2.05, 4.69) is 4.90 Å². The lowest BCUT2D eigenvalue weighted by Crippen LogP contribution is -2.38. The maximum atomic E-state index is 10.4. The van der Waals surface area contributed by atoms with Crippen LogP contribution in [-0.4, -0.2) is 50.0 Å². The molecule has 1 atom stereocenters. The Bertz CT molecular complexity index is 428. The van der Waals surface area contributed by atoms with E-state index in [1.807, 2.05) is 26.0 Å². The van der Waals surface area contributed by atoms with Crippen molar-refractivity contribution < 1.29 is 14.6 Å². The molecule has 0 aromatic heterocycles. The molecule has 0 saturated carbocycles. The molecule has 0 amide bonds. The first-order valence-corrected chi connectivity index (χ1v) is 6.75. The Morgan fingerprint density at radius 1 is 1.26 bits per heavy atom. The molecule has 1 saturated heterocycles. The number of β-amino-alcohol motifs (C(OH)–C–C–N with tert-alkyl or cyclic N) is 1. The first-order chi connectivity index (χ1) is 9.11. The molecule has 1 aromatic rings. The van der Waals surface area contributed by atoms with E-state index in [0.29, 0.717) is 6.54 Å². The molecule has 0 bridgehead atoms. The zero-order chi connectivity index (χ0) is 13.8. The number of aryl methyl sites for hydroxylation is 2. The Morgan fingerprint density at radius 2 is 1.95 bits per heavy atom. The van der Waals surface area contributed by atoms with Crippen molar-refractivity contribution in [1.29, 1.82) is 0 Å². The molecule has 1 heterocycles. The van der Waals surface area contributed by atoms with E-state index in [1.165, 1.54) is 0 Å². The second-order valence-corrected chi connectivity index (χ2v) is 5.11. The van der Waals surface area contributed by atoms with E-state index >= 15 is 0 Å². The summed E-state index contributed by atoms with van der Waals surface area (Å²) in [4.78, 5) is 2.24. The van der Waals surface area contributed by atoms with Crippen molar-refractivity contribution in [2.45, 2.75) is 20.0 Å². The van der Waals surface area contributed by atoms with E-state index in [9.17, 15) is 5.11 Å². The average Bonchev–Trinajstić information content (AvgIpc) is 2.42. The predicted octanol–water partition coefficient (Wildman–Crippen LogP) is 1.68. The van der Waals surface area contributed by atoms with Gasteiger partial charge >= 0.3 is 0 Å². The number of rotatable bonds is 4. The number of methoxy groups -OCH3 is 1. The highest BCUT2D eigenvalue weighted by Crippen LogP contribution is 2.27. The summed E-state index contributed by atoms with van der Waals surface area (Å²) in [6.45, 7) is 7.98. The summed E-state index contributed by atoms with van der Waals surface area (Å²) in [5.74, 6) is 0.875. The van der Waals surface area contributed by atoms with Gasteiger partial charge in [0, 0.05) is 19.6 Å². The largest absolute Gasteiger partial charge is 0.496 e. The van der Waals surface area contributed by atoms with Gasteiger partial charge in [0.15, 0.2) is 0 Å². The fourth-order valence-corrected chi connectivity index (χ4v) is 2.52. The first-order valence-electron chi connectivity index (χ1n) is 6.75. The van der Waals surface area contributed by atoms with Crippen molar-refractivity contribution in [3.8, 4) is 5.75 Å². The number of hydrogen-bond acceptors (Lipinski definition) is 4. The number of nitrogens with zero attached hydrogens (tertiary/aromatic N) is 1. The zero-order valence-electron chi connectivity index (χ0n) is 12.0. The van der Waals surface area contributed by atoms with Crippen molar-refractivity contribution in [3.05, 3.63) is 28.8 Å². The van der Waals surface area contributed by atoms with Gasteiger partial charge in [0.25, 0.3) is 0 Å². The van der Waals surface area contributed by atoms with Crippen LogP contribution in [0.2, 0.25) is 0 Å². The molecule has 1 fully saturated rings. The monoisotopic (exact) mass is 265 g/mol. The van der Waals surface area contributed by atoms with Crippen molar-refractivity contribution >= 4 is 0 Å². The maximum Gasteiger partial charge on any atom is 0.122 e. The third-order valence-corrected chi connectivity index (χ3v) is 3.68. The number of ether oxygens (including phenoxy) is 2. The average molecular weight is 265 g/mol. The molecule has 106 valence electrons. The van der Waals surface area contributed by atoms with Gasteiger partial charge in [-0.05, 0) is 42.7 Å². The van der Waals surface area contributed by atoms with E-state index in [0.717, 1.165) is 48.7 Å². The molecule has 19 heavy (non-hydrogen) atoms. The normalized spacial score (nSPS) is 18.3. The van der Waals surface area contributed by atoms with E-state index in [1.54, 1.807) is 7.11 Å². The molecule has 1 unspecified atom stereocenters. The number of aliphatic hydroxyl groups excluding tert-OH is 1. The molecule has 4 heteroatoms. The highest BCUT2D eigenvalue weighted by Gasteiger charge is 2.18. The highest BCUT2D eigenvalue weighted by molar-refractivity contribution is 5.42. The molecule has 2 rings (SSSR count). The molecule has 1 aliphatic heterocycles. The molecule has 4 nitrogen and oxygen atoms in total. The minimum atomic E-state index is -0.456. The summed E-state index contributed by atoms with van der Waals surface area (Å²) < 4.78 is 10.6. The van der Waals surface area contributed by atoms with Crippen LogP contribution in [0.15, 0.2) is 12.1 Å². The fraction of sp³-hybridized carbons (Fsp3) is 0.600. The number of benzene rings is 1. The Hall–Kier alpha value is -1.10. The van der Waals surface area contributed by atoms with Crippen molar-refractivity contribution in [1.82, 2.24) is 4.90 Å². The van der Waals surface area contributed by atoms with Crippen LogP contribution in [0.4, 0.5) is 0 Å². The summed E-state index contributed by atoms with van der Waals surface area (Å²) in [5.41, 5.74) is 3.12. The Morgan fingerprint density at radius 3 is 2.58 bits per heavy atom. The molecular weight excluding hydrogens is 242 g/mol. The summed E-state index contributed by atoms with van der Waals surface area (Å²) in [6, 6.07) is 4.02. The highest BCUT2D eigenvalue weighted by atomic mass is 16.5. The summed E-state index contributed by atoms with van der Waals surface area (Å²) in [5, 5.41) is 10.4.